The van der Waals surface area contributed by atoms with Crippen molar-refractivity contribution in [3.05, 3.63) is 119 Å². The standard InChI is InChI=1S/C30H30O2/c1-30(2)18-6-9-26(20-30)32-25-14-10-22(11-15-25)29-27(21-7-4-3-5-8-21)16-12-23-19-24(31)13-17-28(23)29/h3-11,13-15,17,19-20,27,29,31H,12,16,18H2,1-2H3/t27-,29+/m1/s1. The van der Waals surface area contributed by atoms with E-state index in [1.807, 2.05) is 12.1 Å². The Bertz CT molecular complexity index is 1150. The fourth-order valence-electron chi connectivity index (χ4n) is 5.19. The molecule has 162 valence electrons. The van der Waals surface area contributed by atoms with E-state index in [9.17, 15) is 5.11 Å². The number of aromatic hydroxyl groups is 1. The summed E-state index contributed by atoms with van der Waals surface area (Å²) in [5.74, 6) is 2.78. The van der Waals surface area contributed by atoms with Crippen molar-refractivity contribution in [1.82, 2.24) is 0 Å². The number of phenols is 1. The fourth-order valence-corrected chi connectivity index (χ4v) is 5.19. The molecule has 3 aromatic carbocycles. The van der Waals surface area contributed by atoms with Gasteiger partial charge in [-0.25, -0.2) is 0 Å². The number of phenolic OH excluding ortho intramolecular Hbond substituents is 1. The average Bonchev–Trinajstić information content (AvgIpc) is 2.79. The van der Waals surface area contributed by atoms with Crippen LogP contribution >= 0.6 is 0 Å². The van der Waals surface area contributed by atoms with Crippen LogP contribution in [0.25, 0.3) is 0 Å². The van der Waals surface area contributed by atoms with Gasteiger partial charge in [-0.15, -0.1) is 0 Å². The maximum atomic E-state index is 10.0. The van der Waals surface area contributed by atoms with Crippen molar-refractivity contribution in [3.63, 3.8) is 0 Å². The van der Waals surface area contributed by atoms with Crippen LogP contribution in [0.1, 0.15) is 60.8 Å². The molecule has 0 aromatic heterocycles. The molecule has 2 aliphatic rings. The monoisotopic (exact) mass is 422 g/mol. The summed E-state index contributed by atoms with van der Waals surface area (Å²) in [6.45, 7) is 4.45. The molecule has 0 spiro atoms. The van der Waals surface area contributed by atoms with Gasteiger partial charge in [-0.2, -0.15) is 0 Å². The Morgan fingerprint density at radius 2 is 1.69 bits per heavy atom. The largest absolute Gasteiger partial charge is 0.508 e. The minimum Gasteiger partial charge on any atom is -0.508 e. The first-order valence-electron chi connectivity index (χ1n) is 11.5. The third-order valence-electron chi connectivity index (χ3n) is 6.75. The molecule has 0 saturated heterocycles. The van der Waals surface area contributed by atoms with E-state index in [4.69, 9.17) is 4.74 Å². The van der Waals surface area contributed by atoms with E-state index >= 15 is 0 Å². The highest BCUT2D eigenvalue weighted by Crippen LogP contribution is 2.47. The van der Waals surface area contributed by atoms with Crippen LogP contribution in [0.3, 0.4) is 0 Å². The molecule has 0 bridgehead atoms. The third-order valence-corrected chi connectivity index (χ3v) is 6.75. The lowest BCUT2D eigenvalue weighted by atomic mass is 9.69. The molecule has 32 heavy (non-hydrogen) atoms. The van der Waals surface area contributed by atoms with Crippen molar-refractivity contribution in [1.29, 1.82) is 0 Å². The van der Waals surface area contributed by atoms with Crippen LogP contribution < -0.4 is 4.74 Å². The van der Waals surface area contributed by atoms with E-state index in [2.05, 4.69) is 92.7 Å². The molecule has 0 heterocycles. The number of hydrogen-bond donors (Lipinski definition) is 1. The summed E-state index contributed by atoms with van der Waals surface area (Å²) in [6.07, 6.45) is 9.54. The van der Waals surface area contributed by atoms with Gasteiger partial charge in [0.25, 0.3) is 0 Å². The summed E-state index contributed by atoms with van der Waals surface area (Å²) >= 11 is 0. The number of rotatable bonds is 4. The lowest BCUT2D eigenvalue weighted by Gasteiger charge is -2.35. The lowest BCUT2D eigenvalue weighted by Crippen LogP contribution is -2.20. The van der Waals surface area contributed by atoms with Gasteiger partial charge in [0.15, 0.2) is 0 Å². The second kappa shape index (κ2) is 8.35. The number of aryl methyl sites for hydroxylation is 1. The number of allylic oxidation sites excluding steroid dienone is 3. The Hall–Kier alpha value is -3.26. The maximum absolute atomic E-state index is 10.0. The average molecular weight is 423 g/mol. The van der Waals surface area contributed by atoms with Crippen LogP contribution in [0.15, 0.2) is 96.8 Å². The fraction of sp³-hybridized carbons (Fsp3) is 0.267. The van der Waals surface area contributed by atoms with E-state index < -0.39 is 0 Å². The van der Waals surface area contributed by atoms with Gasteiger partial charge in [0.1, 0.15) is 17.3 Å². The van der Waals surface area contributed by atoms with E-state index in [0.29, 0.717) is 11.7 Å². The second-order valence-corrected chi connectivity index (χ2v) is 9.73. The Kier molecular flexibility index (Phi) is 5.38. The molecule has 5 rings (SSSR count). The molecule has 3 aromatic rings. The minimum absolute atomic E-state index is 0.129. The molecule has 2 aliphatic carbocycles. The molecule has 1 N–H and O–H groups in total. The molecule has 0 unspecified atom stereocenters. The van der Waals surface area contributed by atoms with Crippen molar-refractivity contribution >= 4 is 0 Å². The molecule has 2 nitrogen and oxygen atoms in total. The van der Waals surface area contributed by atoms with E-state index in [-0.39, 0.29) is 11.3 Å². The molecule has 0 radical (unpaired) electrons. The van der Waals surface area contributed by atoms with Crippen LogP contribution in [-0.4, -0.2) is 5.11 Å². The second-order valence-electron chi connectivity index (χ2n) is 9.73. The van der Waals surface area contributed by atoms with Crippen molar-refractivity contribution in [2.75, 3.05) is 0 Å². The molecule has 0 fully saturated rings. The quantitative estimate of drug-likeness (QED) is 0.471. The van der Waals surface area contributed by atoms with Crippen LogP contribution in [0, 0.1) is 5.41 Å². The summed E-state index contributed by atoms with van der Waals surface area (Å²) in [4.78, 5) is 0. The summed E-state index contributed by atoms with van der Waals surface area (Å²) in [5.41, 5.74) is 5.35. The zero-order valence-electron chi connectivity index (χ0n) is 18.8. The Balaban J connectivity index is 1.48. The van der Waals surface area contributed by atoms with Crippen molar-refractivity contribution in [2.45, 2.75) is 44.9 Å². The third kappa shape index (κ3) is 4.23. The number of fused-ring (bicyclic) bond motifs is 1. The molecule has 2 heteroatoms. The zero-order chi connectivity index (χ0) is 22.1. The van der Waals surface area contributed by atoms with Crippen molar-refractivity contribution < 1.29 is 9.84 Å². The molecule has 0 aliphatic heterocycles. The SMILES string of the molecule is CC1(C)C=C(Oc2ccc([C@@H]3c4ccc(O)cc4CC[C@@H]3c3ccccc3)cc2)C=CC1. The van der Waals surface area contributed by atoms with Crippen LogP contribution in [0.4, 0.5) is 0 Å². The van der Waals surface area contributed by atoms with Gasteiger partial charge >= 0.3 is 0 Å². The first-order chi connectivity index (χ1) is 15.5. The summed E-state index contributed by atoms with van der Waals surface area (Å²) in [6, 6.07) is 25.3. The van der Waals surface area contributed by atoms with Gasteiger partial charge in [-0.05, 0) is 89.3 Å². The Morgan fingerprint density at radius 1 is 0.906 bits per heavy atom. The van der Waals surface area contributed by atoms with E-state index in [0.717, 1.165) is 30.8 Å². The van der Waals surface area contributed by atoms with Crippen LogP contribution in [-0.2, 0) is 6.42 Å². The highest BCUT2D eigenvalue weighted by atomic mass is 16.5. The van der Waals surface area contributed by atoms with Gasteiger partial charge in [0.05, 0.1) is 0 Å². The lowest BCUT2D eigenvalue weighted by molar-refractivity contribution is 0.399. The predicted octanol–water partition coefficient (Wildman–Crippen LogP) is 7.50. The normalized spacial score (nSPS) is 21.5. The molecule has 0 saturated carbocycles. The smallest absolute Gasteiger partial charge is 0.127 e. The van der Waals surface area contributed by atoms with E-state index in [1.165, 1.54) is 22.3 Å². The Labute approximate surface area is 190 Å². The van der Waals surface area contributed by atoms with Gasteiger partial charge in [-0.3, -0.25) is 0 Å². The highest BCUT2D eigenvalue weighted by molar-refractivity contribution is 5.48. The first kappa shape index (κ1) is 20.6. The number of benzene rings is 3. The summed E-state index contributed by atoms with van der Waals surface area (Å²) in [7, 11) is 0. The van der Waals surface area contributed by atoms with E-state index in [1.54, 1.807) is 0 Å². The summed E-state index contributed by atoms with van der Waals surface area (Å²) in [5, 5.41) is 10.0. The number of ether oxygens (including phenoxy) is 1. The Morgan fingerprint density at radius 3 is 2.44 bits per heavy atom. The summed E-state index contributed by atoms with van der Waals surface area (Å²) < 4.78 is 6.17. The molecule has 2 atom stereocenters. The van der Waals surface area contributed by atoms with Crippen LogP contribution in [0.2, 0.25) is 0 Å². The topological polar surface area (TPSA) is 29.5 Å². The van der Waals surface area contributed by atoms with Crippen molar-refractivity contribution in [2.24, 2.45) is 5.41 Å². The molecular weight excluding hydrogens is 392 g/mol. The maximum Gasteiger partial charge on any atom is 0.127 e. The molecule has 0 amide bonds. The highest BCUT2D eigenvalue weighted by Gasteiger charge is 2.32. The van der Waals surface area contributed by atoms with Gasteiger partial charge in [0, 0.05) is 5.92 Å². The van der Waals surface area contributed by atoms with Gasteiger partial charge in [0.2, 0.25) is 0 Å². The van der Waals surface area contributed by atoms with Gasteiger partial charge in [-0.1, -0.05) is 68.5 Å². The predicted molar refractivity (Wildman–Crippen MR) is 130 cm³/mol. The number of hydrogen-bond acceptors (Lipinski definition) is 2. The zero-order valence-corrected chi connectivity index (χ0v) is 18.8. The first-order valence-corrected chi connectivity index (χ1v) is 11.5. The van der Waals surface area contributed by atoms with Crippen molar-refractivity contribution in [3.8, 4) is 11.5 Å². The molecular formula is C30H30O2. The van der Waals surface area contributed by atoms with Crippen LogP contribution in [0.5, 0.6) is 11.5 Å². The minimum atomic E-state index is 0.129. The van der Waals surface area contributed by atoms with Gasteiger partial charge < -0.3 is 9.84 Å².